The van der Waals surface area contributed by atoms with Crippen molar-refractivity contribution in [1.82, 2.24) is 10.2 Å². The second kappa shape index (κ2) is 5.98. The van der Waals surface area contributed by atoms with Crippen LogP contribution in [0.1, 0.15) is 24.5 Å². The standard InChI is InChI=1S/C14H20N2O2/c1-16(10-14(18)15-12-7-8-12)9-13(17)11-5-3-2-4-6-11/h2-6,12-13,17H,7-10H2,1H3,(H,15,18). The maximum atomic E-state index is 11.6. The van der Waals surface area contributed by atoms with E-state index in [4.69, 9.17) is 0 Å². The van der Waals surface area contributed by atoms with Crippen LogP contribution in [0.15, 0.2) is 30.3 Å². The van der Waals surface area contributed by atoms with Gasteiger partial charge in [0.05, 0.1) is 12.6 Å². The number of nitrogens with one attached hydrogen (secondary N) is 1. The summed E-state index contributed by atoms with van der Waals surface area (Å²) < 4.78 is 0. The Hall–Kier alpha value is -1.39. The molecule has 0 radical (unpaired) electrons. The molecule has 0 spiro atoms. The molecular formula is C14H20N2O2. The Balaban J connectivity index is 1.75. The molecule has 0 bridgehead atoms. The van der Waals surface area contributed by atoms with Gasteiger partial charge >= 0.3 is 0 Å². The number of hydrogen-bond donors (Lipinski definition) is 2. The van der Waals surface area contributed by atoms with Crippen LogP contribution in [0.5, 0.6) is 0 Å². The van der Waals surface area contributed by atoms with Gasteiger partial charge in [-0.1, -0.05) is 30.3 Å². The predicted octanol–water partition coefficient (Wildman–Crippen LogP) is 0.930. The van der Waals surface area contributed by atoms with Crippen LogP contribution in [0, 0.1) is 0 Å². The Morgan fingerprint density at radius 1 is 1.44 bits per heavy atom. The Morgan fingerprint density at radius 2 is 2.11 bits per heavy atom. The third-order valence-electron chi connectivity index (χ3n) is 3.02. The molecule has 1 atom stereocenters. The van der Waals surface area contributed by atoms with Gasteiger partial charge in [0.25, 0.3) is 0 Å². The van der Waals surface area contributed by atoms with Gasteiger partial charge in [0.1, 0.15) is 0 Å². The van der Waals surface area contributed by atoms with Crippen LogP contribution in [0.2, 0.25) is 0 Å². The average Bonchev–Trinajstić information content (AvgIpc) is 3.13. The lowest BCUT2D eigenvalue weighted by Gasteiger charge is -2.20. The van der Waals surface area contributed by atoms with Gasteiger partial charge in [0.15, 0.2) is 0 Å². The Kier molecular flexibility index (Phi) is 4.33. The van der Waals surface area contributed by atoms with E-state index in [-0.39, 0.29) is 5.91 Å². The molecule has 0 saturated heterocycles. The number of carbonyl (C=O) groups is 1. The van der Waals surface area contributed by atoms with E-state index in [1.165, 1.54) is 0 Å². The highest BCUT2D eigenvalue weighted by molar-refractivity contribution is 5.78. The molecule has 2 N–H and O–H groups in total. The zero-order valence-electron chi connectivity index (χ0n) is 10.7. The Labute approximate surface area is 108 Å². The highest BCUT2D eigenvalue weighted by Gasteiger charge is 2.23. The van der Waals surface area contributed by atoms with Gasteiger partial charge in [-0.15, -0.1) is 0 Å². The normalized spacial score (nSPS) is 16.6. The van der Waals surface area contributed by atoms with Crippen LogP contribution in [-0.2, 0) is 4.79 Å². The average molecular weight is 248 g/mol. The largest absolute Gasteiger partial charge is 0.387 e. The second-order valence-corrected chi connectivity index (χ2v) is 4.97. The first-order valence-corrected chi connectivity index (χ1v) is 6.36. The summed E-state index contributed by atoms with van der Waals surface area (Å²) in [6, 6.07) is 9.90. The minimum absolute atomic E-state index is 0.0419. The minimum Gasteiger partial charge on any atom is -0.387 e. The van der Waals surface area contributed by atoms with Crippen molar-refractivity contribution in [2.24, 2.45) is 0 Å². The third kappa shape index (κ3) is 4.13. The van der Waals surface area contributed by atoms with E-state index in [1.807, 2.05) is 42.3 Å². The first-order valence-electron chi connectivity index (χ1n) is 6.36. The van der Waals surface area contributed by atoms with Crippen molar-refractivity contribution in [2.75, 3.05) is 20.1 Å². The van der Waals surface area contributed by atoms with Crippen molar-refractivity contribution in [3.63, 3.8) is 0 Å². The van der Waals surface area contributed by atoms with E-state index in [9.17, 15) is 9.90 Å². The quantitative estimate of drug-likeness (QED) is 0.787. The smallest absolute Gasteiger partial charge is 0.234 e. The molecule has 1 fully saturated rings. The van der Waals surface area contributed by atoms with Crippen LogP contribution in [0.3, 0.4) is 0 Å². The molecule has 2 rings (SSSR count). The van der Waals surface area contributed by atoms with E-state index in [0.29, 0.717) is 19.1 Å². The zero-order chi connectivity index (χ0) is 13.0. The highest BCUT2D eigenvalue weighted by atomic mass is 16.3. The zero-order valence-corrected chi connectivity index (χ0v) is 10.7. The summed E-state index contributed by atoms with van der Waals surface area (Å²) in [5, 5.41) is 13.0. The van der Waals surface area contributed by atoms with Crippen molar-refractivity contribution >= 4 is 5.91 Å². The fourth-order valence-electron chi connectivity index (χ4n) is 1.89. The van der Waals surface area contributed by atoms with Crippen LogP contribution in [0.25, 0.3) is 0 Å². The first kappa shape index (κ1) is 13.1. The maximum Gasteiger partial charge on any atom is 0.234 e. The summed E-state index contributed by atoms with van der Waals surface area (Å²) in [5.41, 5.74) is 0.881. The van der Waals surface area contributed by atoms with E-state index in [1.54, 1.807) is 0 Å². The van der Waals surface area contributed by atoms with E-state index in [0.717, 1.165) is 18.4 Å². The molecule has 0 aromatic heterocycles. The third-order valence-corrected chi connectivity index (χ3v) is 3.02. The predicted molar refractivity (Wildman–Crippen MR) is 70.1 cm³/mol. The number of rotatable bonds is 6. The summed E-state index contributed by atoms with van der Waals surface area (Å²) in [4.78, 5) is 13.4. The molecule has 0 heterocycles. The lowest BCUT2D eigenvalue weighted by molar-refractivity contribution is -0.122. The monoisotopic (exact) mass is 248 g/mol. The van der Waals surface area contributed by atoms with E-state index < -0.39 is 6.10 Å². The summed E-state index contributed by atoms with van der Waals surface area (Å²) in [5.74, 6) is 0.0419. The van der Waals surface area contributed by atoms with Gasteiger partial charge in [-0.3, -0.25) is 9.69 Å². The first-order chi connectivity index (χ1) is 8.65. The molecule has 1 unspecified atom stereocenters. The fraction of sp³-hybridized carbons (Fsp3) is 0.500. The van der Waals surface area contributed by atoms with Crippen LogP contribution >= 0.6 is 0 Å². The molecule has 1 amide bonds. The molecule has 1 aromatic carbocycles. The van der Waals surface area contributed by atoms with Crippen molar-refractivity contribution in [3.8, 4) is 0 Å². The van der Waals surface area contributed by atoms with Crippen LogP contribution < -0.4 is 5.32 Å². The molecule has 1 aromatic rings. The summed E-state index contributed by atoms with van der Waals surface area (Å²) in [6.45, 7) is 0.794. The number of nitrogens with zero attached hydrogens (tertiary/aromatic N) is 1. The topological polar surface area (TPSA) is 52.6 Å². The fourth-order valence-corrected chi connectivity index (χ4v) is 1.89. The SMILES string of the molecule is CN(CC(=O)NC1CC1)CC(O)c1ccccc1. The number of amides is 1. The van der Waals surface area contributed by atoms with Gasteiger partial charge < -0.3 is 10.4 Å². The second-order valence-electron chi connectivity index (χ2n) is 4.97. The van der Waals surface area contributed by atoms with Gasteiger partial charge in [0.2, 0.25) is 5.91 Å². The number of benzene rings is 1. The molecular weight excluding hydrogens is 228 g/mol. The van der Waals surface area contributed by atoms with Gasteiger partial charge in [-0.25, -0.2) is 0 Å². The van der Waals surface area contributed by atoms with E-state index >= 15 is 0 Å². The summed E-state index contributed by atoms with van der Waals surface area (Å²) in [7, 11) is 1.85. The molecule has 4 nitrogen and oxygen atoms in total. The van der Waals surface area contributed by atoms with Crippen molar-refractivity contribution in [3.05, 3.63) is 35.9 Å². The Morgan fingerprint density at radius 3 is 2.72 bits per heavy atom. The molecule has 1 saturated carbocycles. The number of likely N-dealkylation sites (N-methyl/N-ethyl adjacent to an activating group) is 1. The molecule has 4 heteroatoms. The van der Waals surface area contributed by atoms with Crippen LogP contribution in [-0.4, -0.2) is 42.1 Å². The Bertz CT molecular complexity index is 390. The molecule has 18 heavy (non-hydrogen) atoms. The number of carbonyl (C=O) groups excluding carboxylic acids is 1. The maximum absolute atomic E-state index is 11.6. The van der Waals surface area contributed by atoms with Gasteiger partial charge in [0, 0.05) is 12.6 Å². The lowest BCUT2D eigenvalue weighted by atomic mass is 10.1. The molecule has 98 valence electrons. The summed E-state index contributed by atoms with van der Waals surface area (Å²) in [6.07, 6.45) is 1.65. The van der Waals surface area contributed by atoms with E-state index in [2.05, 4.69) is 5.32 Å². The van der Waals surface area contributed by atoms with Crippen molar-refractivity contribution < 1.29 is 9.90 Å². The number of aliphatic hydroxyl groups is 1. The molecule has 1 aliphatic carbocycles. The van der Waals surface area contributed by atoms with Gasteiger partial charge in [-0.05, 0) is 25.5 Å². The number of hydrogen-bond acceptors (Lipinski definition) is 3. The van der Waals surface area contributed by atoms with Crippen molar-refractivity contribution in [2.45, 2.75) is 25.0 Å². The summed E-state index contributed by atoms with van der Waals surface area (Å²) >= 11 is 0. The number of aliphatic hydroxyl groups excluding tert-OH is 1. The van der Waals surface area contributed by atoms with Gasteiger partial charge in [-0.2, -0.15) is 0 Å². The lowest BCUT2D eigenvalue weighted by Crippen LogP contribution is -2.37. The molecule has 1 aliphatic rings. The molecule has 0 aliphatic heterocycles. The van der Waals surface area contributed by atoms with Crippen LogP contribution in [0.4, 0.5) is 0 Å². The minimum atomic E-state index is -0.551. The highest BCUT2D eigenvalue weighted by Crippen LogP contribution is 2.18. The van der Waals surface area contributed by atoms with Crippen molar-refractivity contribution in [1.29, 1.82) is 0 Å².